The first-order chi connectivity index (χ1) is 13.0. The number of esters is 1. The first-order valence-electron chi connectivity index (χ1n) is 9.57. The molecule has 27 heavy (non-hydrogen) atoms. The topological polar surface area (TPSA) is 55.4 Å². The maximum atomic E-state index is 12.5. The van der Waals surface area contributed by atoms with Crippen molar-refractivity contribution in [3.63, 3.8) is 0 Å². The van der Waals surface area contributed by atoms with Crippen LogP contribution in [0.1, 0.15) is 38.7 Å². The predicted molar refractivity (Wildman–Crippen MR) is 108 cm³/mol. The number of carbonyl (C=O) groups excluding carboxylic acids is 2. The first kappa shape index (κ1) is 20.7. The van der Waals surface area contributed by atoms with E-state index < -0.39 is 6.04 Å². The smallest absolute Gasteiger partial charge is 0.328 e. The Morgan fingerprint density at radius 3 is 2.22 bits per heavy atom. The SMILES string of the molecule is CCCC[C@H](NC(=O)[C@@H](C)Cc1ccc(-c2ccccc2)cc1)C(=O)OC. The third-order valence-electron chi connectivity index (χ3n) is 4.70. The molecule has 0 saturated heterocycles. The van der Waals surface area contributed by atoms with Crippen LogP contribution in [0.2, 0.25) is 0 Å². The summed E-state index contributed by atoms with van der Waals surface area (Å²) in [6.45, 7) is 3.94. The summed E-state index contributed by atoms with van der Waals surface area (Å²) in [5, 5.41) is 2.85. The lowest BCUT2D eigenvalue weighted by molar-refractivity contribution is -0.145. The largest absolute Gasteiger partial charge is 0.467 e. The average molecular weight is 367 g/mol. The van der Waals surface area contributed by atoms with Gasteiger partial charge in [-0.15, -0.1) is 0 Å². The second-order valence-corrected chi connectivity index (χ2v) is 6.89. The van der Waals surface area contributed by atoms with Crippen LogP contribution in [0, 0.1) is 5.92 Å². The number of hydrogen-bond donors (Lipinski definition) is 1. The Morgan fingerprint density at radius 1 is 1.00 bits per heavy atom. The number of rotatable bonds is 9. The predicted octanol–water partition coefficient (Wildman–Crippen LogP) is 4.38. The van der Waals surface area contributed by atoms with E-state index in [0.717, 1.165) is 24.0 Å². The van der Waals surface area contributed by atoms with Crippen molar-refractivity contribution < 1.29 is 14.3 Å². The van der Waals surface area contributed by atoms with E-state index in [9.17, 15) is 9.59 Å². The summed E-state index contributed by atoms with van der Waals surface area (Å²) < 4.78 is 4.81. The van der Waals surface area contributed by atoms with E-state index in [4.69, 9.17) is 4.74 Å². The Hall–Kier alpha value is -2.62. The van der Waals surface area contributed by atoms with Gasteiger partial charge in [0.1, 0.15) is 6.04 Å². The minimum Gasteiger partial charge on any atom is -0.467 e. The van der Waals surface area contributed by atoms with Crippen LogP contribution >= 0.6 is 0 Å². The highest BCUT2D eigenvalue weighted by molar-refractivity contribution is 5.85. The highest BCUT2D eigenvalue weighted by Gasteiger charge is 2.23. The molecule has 144 valence electrons. The van der Waals surface area contributed by atoms with Gasteiger partial charge in [0, 0.05) is 5.92 Å². The molecule has 1 amide bonds. The molecule has 0 radical (unpaired) electrons. The highest BCUT2D eigenvalue weighted by atomic mass is 16.5. The lowest BCUT2D eigenvalue weighted by Gasteiger charge is -2.19. The molecule has 2 aromatic rings. The number of methoxy groups -OCH3 is 1. The van der Waals surface area contributed by atoms with Crippen molar-refractivity contribution in [2.45, 2.75) is 45.6 Å². The molecule has 0 heterocycles. The molecule has 0 aliphatic rings. The van der Waals surface area contributed by atoms with E-state index in [2.05, 4.69) is 48.6 Å². The van der Waals surface area contributed by atoms with Crippen molar-refractivity contribution in [1.82, 2.24) is 5.32 Å². The second-order valence-electron chi connectivity index (χ2n) is 6.89. The van der Waals surface area contributed by atoms with Crippen LogP contribution in [-0.2, 0) is 20.7 Å². The zero-order valence-corrected chi connectivity index (χ0v) is 16.4. The Balaban J connectivity index is 1.95. The lowest BCUT2D eigenvalue weighted by atomic mass is 9.97. The summed E-state index contributed by atoms with van der Waals surface area (Å²) in [6, 6.07) is 17.9. The Morgan fingerprint density at radius 2 is 1.63 bits per heavy atom. The van der Waals surface area contributed by atoms with E-state index in [0.29, 0.717) is 12.8 Å². The van der Waals surface area contributed by atoms with Gasteiger partial charge in [-0.2, -0.15) is 0 Å². The van der Waals surface area contributed by atoms with Crippen molar-refractivity contribution in [2.24, 2.45) is 5.92 Å². The molecular weight excluding hydrogens is 338 g/mol. The normalized spacial score (nSPS) is 12.9. The number of unbranched alkanes of at least 4 members (excludes halogenated alkanes) is 1. The minimum atomic E-state index is -0.564. The quantitative estimate of drug-likeness (QED) is 0.669. The van der Waals surface area contributed by atoms with Crippen LogP contribution in [-0.4, -0.2) is 25.0 Å². The Bertz CT molecular complexity index is 725. The van der Waals surface area contributed by atoms with E-state index in [1.807, 2.05) is 25.1 Å². The standard InChI is InChI=1S/C23H29NO3/c1-4-5-11-21(23(26)27-3)24-22(25)17(2)16-18-12-14-20(15-13-18)19-9-7-6-8-10-19/h6-10,12-15,17,21H,4-5,11,16H2,1-3H3,(H,24,25)/t17-,21-/m0/s1. The van der Waals surface area contributed by atoms with Crippen molar-refractivity contribution in [3.05, 3.63) is 60.2 Å². The van der Waals surface area contributed by atoms with E-state index in [-0.39, 0.29) is 17.8 Å². The van der Waals surface area contributed by atoms with Gasteiger partial charge in [-0.25, -0.2) is 4.79 Å². The molecule has 0 aromatic heterocycles. The number of amides is 1. The monoisotopic (exact) mass is 367 g/mol. The summed E-state index contributed by atoms with van der Waals surface area (Å²) in [5.74, 6) is -0.716. The molecule has 2 rings (SSSR count). The summed E-state index contributed by atoms with van der Waals surface area (Å²) in [7, 11) is 1.35. The van der Waals surface area contributed by atoms with Gasteiger partial charge in [-0.3, -0.25) is 4.79 Å². The zero-order chi connectivity index (χ0) is 19.6. The molecule has 4 nitrogen and oxygen atoms in total. The summed E-state index contributed by atoms with van der Waals surface area (Å²) >= 11 is 0. The Kier molecular flexibility index (Phi) is 8.05. The first-order valence-corrected chi connectivity index (χ1v) is 9.57. The van der Waals surface area contributed by atoms with Gasteiger partial charge in [0.25, 0.3) is 0 Å². The zero-order valence-electron chi connectivity index (χ0n) is 16.4. The summed E-state index contributed by atoms with van der Waals surface area (Å²) in [6.07, 6.45) is 3.07. The van der Waals surface area contributed by atoms with Crippen molar-refractivity contribution in [2.75, 3.05) is 7.11 Å². The number of hydrogen-bond acceptors (Lipinski definition) is 3. The van der Waals surface area contributed by atoms with E-state index >= 15 is 0 Å². The van der Waals surface area contributed by atoms with Crippen LogP contribution in [0.3, 0.4) is 0 Å². The molecule has 0 unspecified atom stereocenters. The molecule has 0 aliphatic heterocycles. The van der Waals surface area contributed by atoms with Crippen LogP contribution in [0.15, 0.2) is 54.6 Å². The van der Waals surface area contributed by atoms with Crippen molar-refractivity contribution in [3.8, 4) is 11.1 Å². The molecule has 0 spiro atoms. The van der Waals surface area contributed by atoms with E-state index in [1.54, 1.807) is 0 Å². The van der Waals surface area contributed by atoms with Gasteiger partial charge in [0.2, 0.25) is 5.91 Å². The van der Waals surface area contributed by atoms with Gasteiger partial charge >= 0.3 is 5.97 Å². The molecule has 0 aliphatic carbocycles. The molecular formula is C23H29NO3. The highest BCUT2D eigenvalue weighted by Crippen LogP contribution is 2.20. The molecule has 0 bridgehead atoms. The molecule has 2 aromatic carbocycles. The van der Waals surface area contributed by atoms with Gasteiger partial charge in [0.05, 0.1) is 7.11 Å². The molecule has 4 heteroatoms. The summed E-state index contributed by atoms with van der Waals surface area (Å²) in [5.41, 5.74) is 3.42. The van der Waals surface area contributed by atoms with Crippen LogP contribution in [0.25, 0.3) is 11.1 Å². The van der Waals surface area contributed by atoms with Gasteiger partial charge < -0.3 is 10.1 Å². The Labute approximate surface area is 161 Å². The number of nitrogens with one attached hydrogen (secondary N) is 1. The minimum absolute atomic E-state index is 0.117. The maximum Gasteiger partial charge on any atom is 0.328 e. The van der Waals surface area contributed by atoms with Gasteiger partial charge in [0.15, 0.2) is 0 Å². The fourth-order valence-corrected chi connectivity index (χ4v) is 3.02. The molecule has 1 N–H and O–H groups in total. The van der Waals surface area contributed by atoms with E-state index in [1.165, 1.54) is 12.7 Å². The number of ether oxygens (including phenoxy) is 1. The average Bonchev–Trinajstić information content (AvgIpc) is 2.71. The third-order valence-corrected chi connectivity index (χ3v) is 4.70. The number of carbonyl (C=O) groups is 2. The maximum absolute atomic E-state index is 12.5. The molecule has 0 saturated carbocycles. The van der Waals surface area contributed by atoms with Gasteiger partial charge in [-0.1, -0.05) is 81.3 Å². The lowest BCUT2D eigenvalue weighted by Crippen LogP contribution is -2.44. The van der Waals surface area contributed by atoms with Crippen LogP contribution in [0.5, 0.6) is 0 Å². The van der Waals surface area contributed by atoms with Crippen molar-refractivity contribution in [1.29, 1.82) is 0 Å². The third kappa shape index (κ3) is 6.24. The molecule has 2 atom stereocenters. The molecule has 0 fully saturated rings. The second kappa shape index (κ2) is 10.5. The van der Waals surface area contributed by atoms with Crippen LogP contribution in [0.4, 0.5) is 0 Å². The summed E-state index contributed by atoms with van der Waals surface area (Å²) in [4.78, 5) is 24.4. The fraction of sp³-hybridized carbons (Fsp3) is 0.391. The fourth-order valence-electron chi connectivity index (χ4n) is 3.02. The van der Waals surface area contributed by atoms with Crippen molar-refractivity contribution >= 4 is 11.9 Å². The number of benzene rings is 2. The van der Waals surface area contributed by atoms with Gasteiger partial charge in [-0.05, 0) is 29.5 Å². The van der Waals surface area contributed by atoms with Crippen LogP contribution < -0.4 is 5.32 Å².